The number of carbonyl (C=O) groups is 2. The predicted molar refractivity (Wildman–Crippen MR) is 81.6 cm³/mol. The van der Waals surface area contributed by atoms with Crippen LogP contribution in [-0.2, 0) is 4.79 Å². The fraction of sp³-hybridized carbons (Fsp3) is 0.467. The molecule has 1 N–H and O–H groups in total. The minimum Gasteiger partial charge on any atom is -0.496 e. The summed E-state index contributed by atoms with van der Waals surface area (Å²) >= 11 is 3.38. The monoisotopic (exact) mass is 355 g/mol. The van der Waals surface area contributed by atoms with Crippen molar-refractivity contribution >= 4 is 27.8 Å². The van der Waals surface area contributed by atoms with E-state index in [0.717, 1.165) is 17.3 Å². The van der Waals surface area contributed by atoms with Crippen LogP contribution in [0.15, 0.2) is 22.7 Å². The number of amides is 1. The first-order valence-corrected chi connectivity index (χ1v) is 7.65. The van der Waals surface area contributed by atoms with E-state index in [0.29, 0.717) is 24.4 Å². The topological polar surface area (TPSA) is 66.8 Å². The molecule has 21 heavy (non-hydrogen) atoms. The van der Waals surface area contributed by atoms with Gasteiger partial charge in [0.1, 0.15) is 5.75 Å². The Labute approximate surface area is 132 Å². The molecule has 0 aromatic heterocycles. The van der Waals surface area contributed by atoms with Crippen LogP contribution in [0.5, 0.6) is 5.75 Å². The number of ether oxygens (including phenoxy) is 1. The van der Waals surface area contributed by atoms with Crippen LogP contribution in [0.3, 0.4) is 0 Å². The van der Waals surface area contributed by atoms with E-state index in [2.05, 4.69) is 15.9 Å². The normalized spacial score (nSPS) is 15.8. The fourth-order valence-electron chi connectivity index (χ4n) is 2.57. The molecular formula is C15H18BrNO4. The molecule has 2 rings (SSSR count). The molecule has 0 bridgehead atoms. The number of carboxylic acid groups (broad SMARTS) is 1. The molecule has 0 spiro atoms. The molecule has 1 aliphatic rings. The molecule has 1 fully saturated rings. The number of aliphatic carboxylic acids is 1. The molecule has 0 saturated carbocycles. The lowest BCUT2D eigenvalue weighted by atomic mass is 9.93. The van der Waals surface area contributed by atoms with Gasteiger partial charge in [0.15, 0.2) is 0 Å². The maximum absolute atomic E-state index is 12.4. The summed E-state index contributed by atoms with van der Waals surface area (Å²) in [5.74, 6) is 0.0758. The highest BCUT2D eigenvalue weighted by molar-refractivity contribution is 9.10. The van der Waals surface area contributed by atoms with E-state index in [1.54, 1.807) is 30.2 Å². The predicted octanol–water partition coefficient (Wildman–Crippen LogP) is 2.78. The summed E-state index contributed by atoms with van der Waals surface area (Å²) in [6.07, 6.45) is 1.68. The maximum atomic E-state index is 12.4. The van der Waals surface area contributed by atoms with Crippen LogP contribution >= 0.6 is 15.9 Å². The SMILES string of the molecule is COc1ccc(C(=O)N2CCC(CC(=O)O)CC2)cc1Br. The van der Waals surface area contributed by atoms with E-state index in [1.165, 1.54) is 0 Å². The van der Waals surface area contributed by atoms with Crippen molar-refractivity contribution in [1.29, 1.82) is 0 Å². The molecule has 6 heteroatoms. The van der Waals surface area contributed by atoms with Crippen LogP contribution in [0.25, 0.3) is 0 Å². The van der Waals surface area contributed by atoms with E-state index >= 15 is 0 Å². The standard InChI is InChI=1S/C15H18BrNO4/c1-21-13-3-2-11(9-12(13)16)15(20)17-6-4-10(5-7-17)8-14(18)19/h2-3,9-10H,4-8H2,1H3,(H,18,19). The molecule has 1 saturated heterocycles. The van der Waals surface area contributed by atoms with Crippen LogP contribution in [0.4, 0.5) is 0 Å². The third kappa shape index (κ3) is 3.97. The van der Waals surface area contributed by atoms with Gasteiger partial charge in [-0.3, -0.25) is 9.59 Å². The second-order valence-electron chi connectivity index (χ2n) is 5.18. The Kier molecular flexibility index (Phi) is 5.22. The first-order valence-electron chi connectivity index (χ1n) is 6.86. The van der Waals surface area contributed by atoms with E-state index in [4.69, 9.17) is 9.84 Å². The number of hydrogen-bond donors (Lipinski definition) is 1. The molecule has 1 aliphatic heterocycles. The highest BCUT2D eigenvalue weighted by Gasteiger charge is 2.25. The van der Waals surface area contributed by atoms with Gasteiger partial charge in [0, 0.05) is 25.1 Å². The minimum atomic E-state index is -0.765. The number of methoxy groups -OCH3 is 1. The molecule has 5 nitrogen and oxygen atoms in total. The number of piperidine rings is 1. The van der Waals surface area contributed by atoms with Crippen molar-refractivity contribution in [3.8, 4) is 5.75 Å². The van der Waals surface area contributed by atoms with Gasteiger partial charge >= 0.3 is 5.97 Å². The summed E-state index contributed by atoms with van der Waals surface area (Å²) in [7, 11) is 1.58. The molecule has 0 radical (unpaired) electrons. The van der Waals surface area contributed by atoms with Gasteiger partial charge in [-0.2, -0.15) is 0 Å². The number of nitrogens with zero attached hydrogens (tertiary/aromatic N) is 1. The van der Waals surface area contributed by atoms with Crippen LogP contribution in [0.2, 0.25) is 0 Å². The first kappa shape index (κ1) is 15.8. The number of hydrogen-bond acceptors (Lipinski definition) is 3. The maximum Gasteiger partial charge on any atom is 0.303 e. The van der Waals surface area contributed by atoms with Crippen molar-refractivity contribution in [3.63, 3.8) is 0 Å². The Hall–Kier alpha value is -1.56. The Morgan fingerprint density at radius 2 is 2.05 bits per heavy atom. The van der Waals surface area contributed by atoms with E-state index in [9.17, 15) is 9.59 Å². The number of carbonyl (C=O) groups excluding carboxylic acids is 1. The average Bonchev–Trinajstić information content (AvgIpc) is 2.46. The lowest BCUT2D eigenvalue weighted by molar-refractivity contribution is -0.138. The molecule has 1 heterocycles. The first-order chi connectivity index (χ1) is 10.0. The lowest BCUT2D eigenvalue weighted by Gasteiger charge is -2.31. The number of halogens is 1. The van der Waals surface area contributed by atoms with Crippen molar-refractivity contribution in [1.82, 2.24) is 4.90 Å². The fourth-order valence-corrected chi connectivity index (χ4v) is 3.11. The zero-order chi connectivity index (χ0) is 15.4. The zero-order valence-electron chi connectivity index (χ0n) is 11.8. The van der Waals surface area contributed by atoms with Crippen molar-refractivity contribution < 1.29 is 19.4 Å². The Bertz CT molecular complexity index is 538. The molecule has 0 atom stereocenters. The zero-order valence-corrected chi connectivity index (χ0v) is 13.4. The molecule has 0 aliphatic carbocycles. The number of rotatable bonds is 4. The largest absolute Gasteiger partial charge is 0.496 e. The van der Waals surface area contributed by atoms with Gasteiger partial charge in [-0.25, -0.2) is 0 Å². The Morgan fingerprint density at radius 3 is 2.57 bits per heavy atom. The smallest absolute Gasteiger partial charge is 0.303 e. The van der Waals surface area contributed by atoms with Crippen molar-refractivity contribution in [2.75, 3.05) is 20.2 Å². The Balaban J connectivity index is 1.98. The van der Waals surface area contributed by atoms with E-state index in [1.807, 2.05) is 0 Å². The van der Waals surface area contributed by atoms with Crippen LogP contribution in [-0.4, -0.2) is 42.1 Å². The van der Waals surface area contributed by atoms with Crippen LogP contribution < -0.4 is 4.74 Å². The third-order valence-electron chi connectivity index (χ3n) is 3.76. The summed E-state index contributed by atoms with van der Waals surface area (Å²) in [5, 5.41) is 8.80. The van der Waals surface area contributed by atoms with Crippen LogP contribution in [0, 0.1) is 5.92 Å². The third-order valence-corrected chi connectivity index (χ3v) is 4.38. The molecule has 0 unspecified atom stereocenters. The molecule has 114 valence electrons. The summed E-state index contributed by atoms with van der Waals surface area (Å²) in [6, 6.07) is 5.26. The molecule has 1 aromatic carbocycles. The van der Waals surface area contributed by atoms with Crippen molar-refractivity contribution in [2.24, 2.45) is 5.92 Å². The van der Waals surface area contributed by atoms with E-state index in [-0.39, 0.29) is 18.2 Å². The summed E-state index contributed by atoms with van der Waals surface area (Å²) < 4.78 is 5.90. The molecule has 1 amide bonds. The van der Waals surface area contributed by atoms with Gasteiger partial charge in [0.25, 0.3) is 5.91 Å². The van der Waals surface area contributed by atoms with Gasteiger partial charge in [-0.1, -0.05) is 0 Å². The van der Waals surface area contributed by atoms with E-state index < -0.39 is 5.97 Å². The van der Waals surface area contributed by atoms with Crippen molar-refractivity contribution in [3.05, 3.63) is 28.2 Å². The Morgan fingerprint density at radius 1 is 1.38 bits per heavy atom. The number of carboxylic acids is 1. The highest BCUT2D eigenvalue weighted by atomic mass is 79.9. The highest BCUT2D eigenvalue weighted by Crippen LogP contribution is 2.27. The van der Waals surface area contributed by atoms with Gasteiger partial charge in [0.05, 0.1) is 11.6 Å². The minimum absolute atomic E-state index is 0.0212. The van der Waals surface area contributed by atoms with Gasteiger partial charge in [0.2, 0.25) is 0 Å². The second kappa shape index (κ2) is 6.93. The number of benzene rings is 1. The summed E-state index contributed by atoms with van der Waals surface area (Å²) in [5.41, 5.74) is 0.611. The van der Waals surface area contributed by atoms with Gasteiger partial charge in [-0.15, -0.1) is 0 Å². The average molecular weight is 356 g/mol. The lowest BCUT2D eigenvalue weighted by Crippen LogP contribution is -2.38. The summed E-state index contributed by atoms with van der Waals surface area (Å²) in [4.78, 5) is 24.9. The molecule has 1 aromatic rings. The number of likely N-dealkylation sites (tertiary alicyclic amines) is 1. The summed E-state index contributed by atoms with van der Waals surface area (Å²) in [6.45, 7) is 1.22. The van der Waals surface area contributed by atoms with Crippen molar-refractivity contribution in [2.45, 2.75) is 19.3 Å². The van der Waals surface area contributed by atoms with Crippen LogP contribution in [0.1, 0.15) is 29.6 Å². The van der Waals surface area contributed by atoms with Gasteiger partial charge in [-0.05, 0) is 52.9 Å². The molecular weight excluding hydrogens is 338 g/mol. The second-order valence-corrected chi connectivity index (χ2v) is 6.04. The van der Waals surface area contributed by atoms with Gasteiger partial charge < -0.3 is 14.7 Å². The quantitative estimate of drug-likeness (QED) is 0.901.